The summed E-state index contributed by atoms with van der Waals surface area (Å²) in [6.07, 6.45) is 1.73. The van der Waals surface area contributed by atoms with Gasteiger partial charge in [-0.1, -0.05) is 48.4 Å². The topological polar surface area (TPSA) is 29.9 Å². The number of halogens is 1. The second-order valence-electron chi connectivity index (χ2n) is 5.32. The lowest BCUT2D eigenvalue weighted by Gasteiger charge is -2.22. The highest BCUT2D eigenvalue weighted by molar-refractivity contribution is 6.31. The number of rotatable bonds is 5. The van der Waals surface area contributed by atoms with Gasteiger partial charge in [0.1, 0.15) is 0 Å². The van der Waals surface area contributed by atoms with Crippen molar-refractivity contribution in [2.24, 2.45) is 0 Å². The largest absolute Gasteiger partial charge is 0.305 e. The van der Waals surface area contributed by atoms with E-state index in [-0.39, 0.29) is 12.1 Å². The minimum atomic E-state index is 0.0676. The Labute approximate surface area is 126 Å². The third-order valence-corrected chi connectivity index (χ3v) is 3.66. The Balaban J connectivity index is 2.48. The predicted molar refractivity (Wildman–Crippen MR) is 84.3 cm³/mol. The standard InChI is InChI=1S/C16H22ClN3/c1-5-18-15(13-8-6-12(4)7-9-13)16-14(17)10-19-20(16)11(2)3/h6-11,15,18H,5H2,1-4H3. The van der Waals surface area contributed by atoms with Crippen LogP contribution >= 0.6 is 11.6 Å². The molecule has 0 saturated heterocycles. The van der Waals surface area contributed by atoms with Gasteiger partial charge in [0.15, 0.2) is 0 Å². The Morgan fingerprint density at radius 3 is 2.45 bits per heavy atom. The monoisotopic (exact) mass is 291 g/mol. The summed E-state index contributed by atoms with van der Waals surface area (Å²) in [6, 6.07) is 8.91. The first-order valence-electron chi connectivity index (χ1n) is 7.07. The molecule has 0 aliphatic rings. The first kappa shape index (κ1) is 15.1. The fraction of sp³-hybridized carbons (Fsp3) is 0.438. The summed E-state index contributed by atoms with van der Waals surface area (Å²) >= 11 is 6.38. The molecule has 1 atom stereocenters. The number of hydrogen-bond donors (Lipinski definition) is 1. The number of aryl methyl sites for hydroxylation is 1. The average Bonchev–Trinajstić information content (AvgIpc) is 2.79. The molecule has 2 rings (SSSR count). The summed E-state index contributed by atoms with van der Waals surface area (Å²) in [7, 11) is 0. The third kappa shape index (κ3) is 3.05. The van der Waals surface area contributed by atoms with Gasteiger partial charge in [0, 0.05) is 6.04 Å². The van der Waals surface area contributed by atoms with Crippen LogP contribution in [-0.2, 0) is 0 Å². The van der Waals surface area contributed by atoms with Crippen molar-refractivity contribution in [2.45, 2.75) is 39.8 Å². The molecule has 0 aliphatic carbocycles. The van der Waals surface area contributed by atoms with Crippen LogP contribution in [0.5, 0.6) is 0 Å². The van der Waals surface area contributed by atoms with E-state index in [1.54, 1.807) is 6.20 Å². The fourth-order valence-electron chi connectivity index (χ4n) is 2.37. The van der Waals surface area contributed by atoms with Crippen molar-refractivity contribution < 1.29 is 0 Å². The van der Waals surface area contributed by atoms with Crippen LogP contribution in [-0.4, -0.2) is 16.3 Å². The number of hydrogen-bond acceptors (Lipinski definition) is 2. The molecular weight excluding hydrogens is 270 g/mol. The molecule has 0 amide bonds. The molecule has 1 aromatic heterocycles. The van der Waals surface area contributed by atoms with Crippen molar-refractivity contribution in [1.29, 1.82) is 0 Å². The zero-order chi connectivity index (χ0) is 14.7. The van der Waals surface area contributed by atoms with Gasteiger partial charge in [-0.2, -0.15) is 5.10 Å². The number of benzene rings is 1. The highest BCUT2D eigenvalue weighted by Gasteiger charge is 2.22. The van der Waals surface area contributed by atoms with E-state index in [1.165, 1.54) is 11.1 Å². The summed E-state index contributed by atoms with van der Waals surface area (Å²) in [6.45, 7) is 9.30. The fourth-order valence-corrected chi connectivity index (χ4v) is 2.61. The second kappa shape index (κ2) is 6.42. The van der Waals surface area contributed by atoms with Crippen LogP contribution in [0.4, 0.5) is 0 Å². The lowest BCUT2D eigenvalue weighted by atomic mass is 10.0. The van der Waals surface area contributed by atoms with Crippen LogP contribution in [0.1, 0.15) is 49.7 Å². The van der Waals surface area contributed by atoms with Crippen LogP contribution in [0.3, 0.4) is 0 Å². The Kier molecular flexibility index (Phi) is 4.84. The van der Waals surface area contributed by atoms with E-state index in [2.05, 4.69) is 62.4 Å². The Morgan fingerprint density at radius 2 is 1.90 bits per heavy atom. The third-order valence-electron chi connectivity index (χ3n) is 3.37. The molecule has 0 fully saturated rings. The molecule has 0 spiro atoms. The van der Waals surface area contributed by atoms with Gasteiger partial charge in [0.05, 0.1) is 23.0 Å². The van der Waals surface area contributed by atoms with Crippen LogP contribution < -0.4 is 5.32 Å². The van der Waals surface area contributed by atoms with Gasteiger partial charge in [-0.15, -0.1) is 0 Å². The van der Waals surface area contributed by atoms with Crippen LogP contribution in [0.15, 0.2) is 30.5 Å². The van der Waals surface area contributed by atoms with Crippen molar-refractivity contribution in [2.75, 3.05) is 6.54 Å². The van der Waals surface area contributed by atoms with E-state index in [0.29, 0.717) is 5.02 Å². The summed E-state index contributed by atoms with van der Waals surface area (Å²) in [4.78, 5) is 0. The SMILES string of the molecule is CCNC(c1ccc(C)cc1)c1c(Cl)cnn1C(C)C. The zero-order valence-electron chi connectivity index (χ0n) is 12.5. The van der Waals surface area contributed by atoms with Crippen molar-refractivity contribution in [3.8, 4) is 0 Å². The number of nitrogens with one attached hydrogen (secondary N) is 1. The molecule has 0 saturated carbocycles. The molecule has 1 heterocycles. The maximum Gasteiger partial charge on any atom is 0.0837 e. The van der Waals surface area contributed by atoms with Gasteiger partial charge in [0.25, 0.3) is 0 Å². The average molecular weight is 292 g/mol. The van der Waals surface area contributed by atoms with Crippen molar-refractivity contribution in [3.05, 3.63) is 52.3 Å². The van der Waals surface area contributed by atoms with Crippen LogP contribution in [0.2, 0.25) is 5.02 Å². The molecule has 1 unspecified atom stereocenters. The molecule has 20 heavy (non-hydrogen) atoms. The normalized spacial score (nSPS) is 12.9. The maximum absolute atomic E-state index is 6.38. The van der Waals surface area contributed by atoms with Crippen molar-refractivity contribution in [1.82, 2.24) is 15.1 Å². The summed E-state index contributed by atoms with van der Waals surface area (Å²) in [5.74, 6) is 0. The van der Waals surface area contributed by atoms with E-state index in [1.807, 2.05) is 4.68 Å². The molecule has 1 N–H and O–H groups in total. The number of nitrogens with zero attached hydrogens (tertiary/aromatic N) is 2. The van der Waals surface area contributed by atoms with E-state index < -0.39 is 0 Å². The minimum absolute atomic E-state index is 0.0676. The van der Waals surface area contributed by atoms with Gasteiger partial charge in [-0.3, -0.25) is 4.68 Å². The Bertz CT molecular complexity index is 558. The molecule has 2 aromatic rings. The van der Waals surface area contributed by atoms with Gasteiger partial charge in [-0.05, 0) is 32.9 Å². The molecule has 3 nitrogen and oxygen atoms in total. The lowest BCUT2D eigenvalue weighted by Crippen LogP contribution is -2.25. The van der Waals surface area contributed by atoms with E-state index in [0.717, 1.165) is 12.2 Å². The molecule has 0 radical (unpaired) electrons. The van der Waals surface area contributed by atoms with E-state index in [9.17, 15) is 0 Å². The summed E-state index contributed by atoms with van der Waals surface area (Å²) in [5.41, 5.74) is 3.50. The van der Waals surface area contributed by atoms with E-state index in [4.69, 9.17) is 11.6 Å². The van der Waals surface area contributed by atoms with Gasteiger partial charge >= 0.3 is 0 Å². The highest BCUT2D eigenvalue weighted by atomic mass is 35.5. The van der Waals surface area contributed by atoms with Gasteiger partial charge in [0.2, 0.25) is 0 Å². The maximum atomic E-state index is 6.38. The van der Waals surface area contributed by atoms with Gasteiger partial charge in [-0.25, -0.2) is 0 Å². The smallest absolute Gasteiger partial charge is 0.0837 e. The summed E-state index contributed by atoms with van der Waals surface area (Å²) in [5, 5.41) is 8.63. The number of aromatic nitrogens is 2. The molecule has 108 valence electrons. The quantitative estimate of drug-likeness (QED) is 0.898. The molecular formula is C16H22ClN3. The molecule has 0 bridgehead atoms. The first-order chi connectivity index (χ1) is 9.54. The van der Waals surface area contributed by atoms with Crippen molar-refractivity contribution >= 4 is 11.6 Å². The Hall–Kier alpha value is -1.32. The molecule has 0 aliphatic heterocycles. The summed E-state index contributed by atoms with van der Waals surface area (Å²) < 4.78 is 2.00. The van der Waals surface area contributed by atoms with Crippen LogP contribution in [0.25, 0.3) is 0 Å². The molecule has 4 heteroatoms. The van der Waals surface area contributed by atoms with Crippen molar-refractivity contribution in [3.63, 3.8) is 0 Å². The van der Waals surface area contributed by atoms with Crippen LogP contribution in [0, 0.1) is 6.92 Å². The molecule has 1 aromatic carbocycles. The second-order valence-corrected chi connectivity index (χ2v) is 5.72. The lowest BCUT2D eigenvalue weighted by molar-refractivity contribution is 0.476. The Morgan fingerprint density at radius 1 is 1.25 bits per heavy atom. The van der Waals surface area contributed by atoms with E-state index >= 15 is 0 Å². The predicted octanol–water partition coefficient (Wildman–Crippen LogP) is 4.12. The van der Waals surface area contributed by atoms with Gasteiger partial charge < -0.3 is 5.32 Å². The highest BCUT2D eigenvalue weighted by Crippen LogP contribution is 2.30. The first-order valence-corrected chi connectivity index (χ1v) is 7.45. The zero-order valence-corrected chi connectivity index (χ0v) is 13.3. The minimum Gasteiger partial charge on any atom is -0.305 e.